The summed E-state index contributed by atoms with van der Waals surface area (Å²) in [6.45, 7) is 3.40. The second-order valence-corrected chi connectivity index (χ2v) is 4.75. The van der Waals surface area contributed by atoms with Crippen molar-refractivity contribution in [1.29, 1.82) is 0 Å². The first-order chi connectivity index (χ1) is 7.60. The molecule has 90 valence electrons. The van der Waals surface area contributed by atoms with E-state index in [0.717, 1.165) is 15.7 Å². The normalized spacial score (nSPS) is 12.6. The van der Waals surface area contributed by atoms with Crippen LogP contribution in [0.1, 0.15) is 12.5 Å². The molecule has 1 rings (SSSR count). The Bertz CT molecular complexity index is 344. The highest BCUT2D eigenvalue weighted by atomic mass is 79.9. The molecule has 1 aromatic rings. The summed E-state index contributed by atoms with van der Waals surface area (Å²) in [4.78, 5) is 2.19. The van der Waals surface area contributed by atoms with Crippen LogP contribution in [-0.4, -0.2) is 26.8 Å². The third-order valence-electron chi connectivity index (χ3n) is 2.73. The van der Waals surface area contributed by atoms with Gasteiger partial charge in [-0.25, -0.2) is 0 Å². The highest BCUT2D eigenvalue weighted by Crippen LogP contribution is 2.24. The predicted octanol–water partition coefficient (Wildman–Crippen LogP) is 2.38. The van der Waals surface area contributed by atoms with Gasteiger partial charge in [0.1, 0.15) is 0 Å². The number of benzene rings is 1. The van der Waals surface area contributed by atoms with Crippen molar-refractivity contribution in [2.24, 2.45) is 5.73 Å². The maximum atomic E-state index is 5.62. The lowest BCUT2D eigenvalue weighted by Gasteiger charge is -2.26. The third-order valence-corrected chi connectivity index (χ3v) is 3.47. The molecule has 3 nitrogen and oxygen atoms in total. The fourth-order valence-electron chi connectivity index (χ4n) is 1.53. The van der Waals surface area contributed by atoms with Crippen LogP contribution >= 0.6 is 15.9 Å². The molecule has 1 unspecified atom stereocenters. The first kappa shape index (κ1) is 13.5. The summed E-state index contributed by atoms with van der Waals surface area (Å²) in [6, 6.07) is 6.57. The van der Waals surface area contributed by atoms with Crippen molar-refractivity contribution in [3.63, 3.8) is 0 Å². The number of methoxy groups -OCH3 is 1. The SMILES string of the molecule is COCC(C)N(C)c1ccc(CN)c(Br)c1. The van der Waals surface area contributed by atoms with Crippen molar-refractivity contribution in [3.8, 4) is 0 Å². The van der Waals surface area contributed by atoms with Gasteiger partial charge >= 0.3 is 0 Å². The van der Waals surface area contributed by atoms with Gasteiger partial charge in [-0.05, 0) is 24.6 Å². The van der Waals surface area contributed by atoms with Gasteiger partial charge in [-0.2, -0.15) is 0 Å². The molecular weight excluding hydrogens is 268 g/mol. The minimum absolute atomic E-state index is 0.348. The zero-order valence-electron chi connectivity index (χ0n) is 10.0. The molecule has 0 fully saturated rings. The van der Waals surface area contributed by atoms with Gasteiger partial charge in [0.2, 0.25) is 0 Å². The van der Waals surface area contributed by atoms with Crippen molar-refractivity contribution >= 4 is 21.6 Å². The molecule has 16 heavy (non-hydrogen) atoms. The minimum atomic E-state index is 0.348. The van der Waals surface area contributed by atoms with E-state index in [4.69, 9.17) is 10.5 Å². The zero-order chi connectivity index (χ0) is 12.1. The Morgan fingerprint density at radius 1 is 1.50 bits per heavy atom. The number of halogens is 1. The molecule has 0 saturated heterocycles. The van der Waals surface area contributed by atoms with Gasteiger partial charge in [-0.1, -0.05) is 22.0 Å². The van der Waals surface area contributed by atoms with Gasteiger partial charge in [0, 0.05) is 36.9 Å². The van der Waals surface area contributed by atoms with E-state index < -0.39 is 0 Å². The number of nitrogens with zero attached hydrogens (tertiary/aromatic N) is 1. The van der Waals surface area contributed by atoms with Crippen LogP contribution in [0.5, 0.6) is 0 Å². The molecule has 4 heteroatoms. The van der Waals surface area contributed by atoms with Crippen LogP contribution in [0, 0.1) is 0 Å². The number of ether oxygens (including phenoxy) is 1. The van der Waals surface area contributed by atoms with Crippen molar-refractivity contribution in [2.45, 2.75) is 19.5 Å². The molecule has 0 radical (unpaired) electrons. The van der Waals surface area contributed by atoms with E-state index in [-0.39, 0.29) is 0 Å². The van der Waals surface area contributed by atoms with Gasteiger partial charge in [0.25, 0.3) is 0 Å². The Labute approximate surface area is 106 Å². The van der Waals surface area contributed by atoms with Gasteiger partial charge in [-0.3, -0.25) is 0 Å². The molecule has 1 atom stereocenters. The molecule has 2 N–H and O–H groups in total. The quantitative estimate of drug-likeness (QED) is 0.903. The van der Waals surface area contributed by atoms with Gasteiger partial charge in [0.15, 0.2) is 0 Å². The second kappa shape index (κ2) is 6.23. The van der Waals surface area contributed by atoms with E-state index in [0.29, 0.717) is 19.2 Å². The minimum Gasteiger partial charge on any atom is -0.383 e. The summed E-state index contributed by atoms with van der Waals surface area (Å²) < 4.78 is 6.21. The predicted molar refractivity (Wildman–Crippen MR) is 71.8 cm³/mol. The number of anilines is 1. The summed E-state index contributed by atoms with van der Waals surface area (Å²) in [5.74, 6) is 0. The van der Waals surface area contributed by atoms with Gasteiger partial charge < -0.3 is 15.4 Å². The molecule has 0 aliphatic carbocycles. The van der Waals surface area contributed by atoms with E-state index in [1.165, 1.54) is 0 Å². The monoisotopic (exact) mass is 286 g/mol. The van der Waals surface area contributed by atoms with E-state index in [1.54, 1.807) is 7.11 Å². The Morgan fingerprint density at radius 2 is 2.19 bits per heavy atom. The van der Waals surface area contributed by atoms with Crippen molar-refractivity contribution in [1.82, 2.24) is 0 Å². The van der Waals surface area contributed by atoms with Crippen LogP contribution in [0.2, 0.25) is 0 Å². The lowest BCUT2D eigenvalue weighted by Crippen LogP contribution is -2.32. The first-order valence-electron chi connectivity index (χ1n) is 5.30. The number of nitrogens with two attached hydrogens (primary N) is 1. The zero-order valence-corrected chi connectivity index (χ0v) is 11.6. The summed E-state index contributed by atoms with van der Waals surface area (Å²) in [5.41, 5.74) is 7.90. The highest BCUT2D eigenvalue weighted by Gasteiger charge is 2.10. The third kappa shape index (κ3) is 3.20. The molecular formula is C12H19BrN2O. The van der Waals surface area contributed by atoms with Crippen LogP contribution in [-0.2, 0) is 11.3 Å². The van der Waals surface area contributed by atoms with Crippen molar-refractivity contribution in [3.05, 3.63) is 28.2 Å². The average Bonchev–Trinajstić information content (AvgIpc) is 2.28. The molecule has 0 amide bonds. The van der Waals surface area contributed by atoms with Crippen LogP contribution in [0.4, 0.5) is 5.69 Å². The molecule has 0 bridgehead atoms. The van der Waals surface area contributed by atoms with E-state index in [1.807, 2.05) is 0 Å². The number of hydrogen-bond donors (Lipinski definition) is 1. The second-order valence-electron chi connectivity index (χ2n) is 3.90. The molecule has 1 aromatic carbocycles. The van der Waals surface area contributed by atoms with Crippen LogP contribution in [0.15, 0.2) is 22.7 Å². The lowest BCUT2D eigenvalue weighted by molar-refractivity contribution is 0.183. The molecule has 0 aromatic heterocycles. The molecule has 0 saturated carbocycles. The lowest BCUT2D eigenvalue weighted by atomic mass is 10.2. The summed E-state index contributed by atoms with van der Waals surface area (Å²) in [6.07, 6.45) is 0. The standard InChI is InChI=1S/C12H19BrN2O/c1-9(8-16-3)15(2)11-5-4-10(7-14)12(13)6-11/h4-6,9H,7-8,14H2,1-3H3. The number of hydrogen-bond acceptors (Lipinski definition) is 3. The Balaban J connectivity index is 2.84. The number of rotatable bonds is 5. The Hall–Kier alpha value is -0.580. The van der Waals surface area contributed by atoms with Gasteiger partial charge in [-0.15, -0.1) is 0 Å². The summed E-state index contributed by atoms with van der Waals surface area (Å²) >= 11 is 3.53. The molecule has 0 aliphatic rings. The molecule has 0 aliphatic heterocycles. The fraction of sp³-hybridized carbons (Fsp3) is 0.500. The maximum Gasteiger partial charge on any atom is 0.0663 e. The van der Waals surface area contributed by atoms with E-state index >= 15 is 0 Å². The van der Waals surface area contributed by atoms with Crippen molar-refractivity contribution < 1.29 is 4.74 Å². The van der Waals surface area contributed by atoms with Crippen LogP contribution < -0.4 is 10.6 Å². The van der Waals surface area contributed by atoms with Crippen molar-refractivity contribution in [2.75, 3.05) is 25.7 Å². The van der Waals surface area contributed by atoms with E-state index in [9.17, 15) is 0 Å². The summed E-state index contributed by atoms with van der Waals surface area (Å²) in [7, 11) is 3.78. The molecule has 0 heterocycles. The Kier molecular flexibility index (Phi) is 5.25. The van der Waals surface area contributed by atoms with Gasteiger partial charge in [0.05, 0.1) is 6.61 Å². The fourth-order valence-corrected chi connectivity index (χ4v) is 2.06. The van der Waals surface area contributed by atoms with Crippen LogP contribution in [0.25, 0.3) is 0 Å². The highest BCUT2D eigenvalue weighted by molar-refractivity contribution is 9.10. The smallest absolute Gasteiger partial charge is 0.0663 e. The van der Waals surface area contributed by atoms with E-state index in [2.05, 4.69) is 53.0 Å². The van der Waals surface area contributed by atoms with Crippen LogP contribution in [0.3, 0.4) is 0 Å². The topological polar surface area (TPSA) is 38.5 Å². The number of likely N-dealkylation sites (N-methyl/N-ethyl adjacent to an activating group) is 1. The molecule has 0 spiro atoms. The summed E-state index contributed by atoms with van der Waals surface area (Å²) in [5, 5.41) is 0. The maximum absolute atomic E-state index is 5.62. The Morgan fingerprint density at radius 3 is 2.69 bits per heavy atom. The average molecular weight is 287 g/mol. The first-order valence-corrected chi connectivity index (χ1v) is 6.09. The largest absolute Gasteiger partial charge is 0.383 e.